The van der Waals surface area contributed by atoms with Crippen molar-refractivity contribution in [3.8, 4) is 0 Å². The van der Waals surface area contributed by atoms with Gasteiger partial charge in [0.05, 0.1) is 23.9 Å². The molecular weight excluding hydrogens is 334 g/mol. The summed E-state index contributed by atoms with van der Waals surface area (Å²) in [7, 11) is 0. The molecule has 0 bridgehead atoms. The van der Waals surface area contributed by atoms with Gasteiger partial charge < -0.3 is 15.5 Å². The molecule has 0 radical (unpaired) electrons. The number of carboxylic acid groups (broad SMARTS) is 1. The largest absolute Gasteiger partial charge is 0.478 e. The van der Waals surface area contributed by atoms with Crippen LogP contribution in [0.3, 0.4) is 0 Å². The van der Waals surface area contributed by atoms with E-state index in [-0.39, 0.29) is 24.1 Å². The van der Waals surface area contributed by atoms with Crippen LogP contribution in [-0.4, -0.2) is 33.1 Å². The second-order valence-corrected chi connectivity index (χ2v) is 6.08. The molecule has 1 aromatic carbocycles. The lowest BCUT2D eigenvalue weighted by atomic mass is 10.1. The summed E-state index contributed by atoms with van der Waals surface area (Å²) in [5, 5.41) is 24.0. The van der Waals surface area contributed by atoms with E-state index in [4.69, 9.17) is 10.2 Å². The SMILES string of the molecule is C[C@H](N[C@H](C)c1cc(C(=O)O)ccn1)C(=O)NCc1ccc(CO)cc1. The molecule has 0 spiro atoms. The maximum absolute atomic E-state index is 12.3. The summed E-state index contributed by atoms with van der Waals surface area (Å²) in [6.07, 6.45) is 1.44. The molecule has 0 fully saturated rings. The lowest BCUT2D eigenvalue weighted by molar-refractivity contribution is -0.123. The number of hydrogen-bond acceptors (Lipinski definition) is 5. The first-order chi connectivity index (χ1) is 12.4. The third kappa shape index (κ3) is 5.37. The van der Waals surface area contributed by atoms with E-state index < -0.39 is 12.0 Å². The molecule has 26 heavy (non-hydrogen) atoms. The number of nitrogens with zero attached hydrogens (tertiary/aromatic N) is 1. The Morgan fingerprint density at radius 1 is 1.12 bits per heavy atom. The van der Waals surface area contributed by atoms with E-state index in [1.165, 1.54) is 18.3 Å². The van der Waals surface area contributed by atoms with Crippen molar-refractivity contribution in [3.63, 3.8) is 0 Å². The molecule has 7 nitrogen and oxygen atoms in total. The molecule has 4 N–H and O–H groups in total. The van der Waals surface area contributed by atoms with Gasteiger partial charge in [-0.25, -0.2) is 4.79 Å². The maximum atomic E-state index is 12.3. The fraction of sp³-hybridized carbons (Fsp3) is 0.316. The first-order valence-electron chi connectivity index (χ1n) is 8.32. The van der Waals surface area contributed by atoms with Gasteiger partial charge in [0.2, 0.25) is 5.91 Å². The highest BCUT2D eigenvalue weighted by Crippen LogP contribution is 2.12. The summed E-state index contributed by atoms with van der Waals surface area (Å²) in [4.78, 5) is 27.5. The molecule has 1 amide bonds. The fourth-order valence-corrected chi connectivity index (χ4v) is 2.46. The van der Waals surface area contributed by atoms with Crippen LogP contribution in [0.5, 0.6) is 0 Å². The number of aromatic nitrogens is 1. The number of carbonyl (C=O) groups is 2. The number of aliphatic hydroxyl groups excluding tert-OH is 1. The second-order valence-electron chi connectivity index (χ2n) is 6.08. The van der Waals surface area contributed by atoms with Gasteiger partial charge in [0.1, 0.15) is 0 Å². The summed E-state index contributed by atoms with van der Waals surface area (Å²) in [6, 6.07) is 9.50. The van der Waals surface area contributed by atoms with E-state index in [9.17, 15) is 9.59 Å². The third-order valence-corrected chi connectivity index (χ3v) is 4.04. The first-order valence-corrected chi connectivity index (χ1v) is 8.32. The van der Waals surface area contributed by atoms with Gasteiger partial charge in [-0.1, -0.05) is 24.3 Å². The number of amides is 1. The van der Waals surface area contributed by atoms with Crippen molar-refractivity contribution in [1.29, 1.82) is 0 Å². The molecule has 0 unspecified atom stereocenters. The van der Waals surface area contributed by atoms with E-state index in [2.05, 4.69) is 15.6 Å². The zero-order chi connectivity index (χ0) is 19.1. The summed E-state index contributed by atoms with van der Waals surface area (Å²) < 4.78 is 0. The zero-order valence-corrected chi connectivity index (χ0v) is 14.8. The Morgan fingerprint density at radius 2 is 1.77 bits per heavy atom. The summed E-state index contributed by atoms with van der Waals surface area (Å²) in [6.45, 7) is 3.94. The Bertz CT molecular complexity index is 762. The van der Waals surface area contributed by atoms with Crippen molar-refractivity contribution in [3.05, 3.63) is 65.0 Å². The van der Waals surface area contributed by atoms with Crippen LogP contribution in [0.15, 0.2) is 42.6 Å². The van der Waals surface area contributed by atoms with Crippen molar-refractivity contribution in [2.75, 3.05) is 0 Å². The molecule has 0 aliphatic carbocycles. The minimum Gasteiger partial charge on any atom is -0.478 e. The molecule has 2 aromatic rings. The average Bonchev–Trinajstić information content (AvgIpc) is 2.66. The van der Waals surface area contributed by atoms with E-state index in [1.54, 1.807) is 6.92 Å². The Labute approximate surface area is 152 Å². The number of rotatable bonds is 8. The van der Waals surface area contributed by atoms with E-state index in [1.807, 2.05) is 31.2 Å². The fourth-order valence-electron chi connectivity index (χ4n) is 2.46. The predicted molar refractivity (Wildman–Crippen MR) is 96.4 cm³/mol. The number of aliphatic hydroxyl groups is 1. The van der Waals surface area contributed by atoms with Crippen LogP contribution in [0.4, 0.5) is 0 Å². The van der Waals surface area contributed by atoms with Crippen molar-refractivity contribution < 1.29 is 19.8 Å². The van der Waals surface area contributed by atoms with Gasteiger partial charge in [-0.15, -0.1) is 0 Å². The van der Waals surface area contributed by atoms with Crippen LogP contribution in [-0.2, 0) is 17.9 Å². The van der Waals surface area contributed by atoms with Gasteiger partial charge in [0.15, 0.2) is 0 Å². The molecular formula is C19H23N3O4. The maximum Gasteiger partial charge on any atom is 0.335 e. The summed E-state index contributed by atoms with van der Waals surface area (Å²) in [5.74, 6) is -1.18. The molecule has 0 aliphatic rings. The van der Waals surface area contributed by atoms with Crippen molar-refractivity contribution in [2.45, 2.75) is 39.1 Å². The van der Waals surface area contributed by atoms with Crippen molar-refractivity contribution in [1.82, 2.24) is 15.6 Å². The summed E-state index contributed by atoms with van der Waals surface area (Å²) >= 11 is 0. The van der Waals surface area contributed by atoms with Gasteiger partial charge in [0.25, 0.3) is 0 Å². The number of carbonyl (C=O) groups excluding carboxylic acids is 1. The van der Waals surface area contributed by atoms with Gasteiger partial charge >= 0.3 is 5.97 Å². The highest BCUT2D eigenvalue weighted by Gasteiger charge is 2.17. The van der Waals surface area contributed by atoms with Crippen LogP contribution in [0.2, 0.25) is 0 Å². The normalized spacial score (nSPS) is 13.0. The lowest BCUT2D eigenvalue weighted by Gasteiger charge is -2.19. The monoisotopic (exact) mass is 357 g/mol. The quantitative estimate of drug-likeness (QED) is 0.571. The Kier molecular flexibility index (Phi) is 6.82. The molecule has 138 valence electrons. The van der Waals surface area contributed by atoms with Crippen LogP contribution >= 0.6 is 0 Å². The van der Waals surface area contributed by atoms with Crippen LogP contribution in [0.1, 0.15) is 47.1 Å². The Balaban J connectivity index is 1.89. The van der Waals surface area contributed by atoms with E-state index in [0.717, 1.165) is 11.1 Å². The van der Waals surface area contributed by atoms with Crippen LogP contribution in [0, 0.1) is 0 Å². The smallest absolute Gasteiger partial charge is 0.335 e. The number of pyridine rings is 1. The second kappa shape index (κ2) is 9.07. The Hall–Kier alpha value is -2.77. The molecule has 0 aliphatic heterocycles. The van der Waals surface area contributed by atoms with Gasteiger partial charge in [-0.05, 0) is 37.1 Å². The lowest BCUT2D eigenvalue weighted by Crippen LogP contribution is -2.43. The topological polar surface area (TPSA) is 112 Å². The van der Waals surface area contributed by atoms with Gasteiger partial charge in [-0.3, -0.25) is 15.1 Å². The van der Waals surface area contributed by atoms with Gasteiger partial charge in [0, 0.05) is 18.8 Å². The number of hydrogen-bond donors (Lipinski definition) is 4. The highest BCUT2D eigenvalue weighted by atomic mass is 16.4. The molecule has 2 rings (SSSR count). The van der Waals surface area contributed by atoms with Gasteiger partial charge in [-0.2, -0.15) is 0 Å². The zero-order valence-electron chi connectivity index (χ0n) is 14.8. The third-order valence-electron chi connectivity index (χ3n) is 4.04. The van der Waals surface area contributed by atoms with E-state index >= 15 is 0 Å². The molecule has 0 saturated carbocycles. The number of aromatic carboxylic acids is 1. The molecule has 1 aromatic heterocycles. The minimum absolute atomic E-state index is 0.0113. The average molecular weight is 357 g/mol. The molecule has 2 atom stereocenters. The summed E-state index contributed by atoms with van der Waals surface area (Å²) in [5.41, 5.74) is 2.47. The Morgan fingerprint density at radius 3 is 2.38 bits per heavy atom. The van der Waals surface area contributed by atoms with Crippen molar-refractivity contribution in [2.24, 2.45) is 0 Å². The molecule has 0 saturated heterocycles. The number of nitrogens with one attached hydrogen (secondary N) is 2. The number of carboxylic acids is 1. The molecule has 1 heterocycles. The number of benzene rings is 1. The van der Waals surface area contributed by atoms with Crippen LogP contribution in [0.25, 0.3) is 0 Å². The van der Waals surface area contributed by atoms with Crippen LogP contribution < -0.4 is 10.6 Å². The molecule has 7 heteroatoms. The van der Waals surface area contributed by atoms with Crippen molar-refractivity contribution >= 4 is 11.9 Å². The highest BCUT2D eigenvalue weighted by molar-refractivity contribution is 5.87. The first kappa shape index (κ1) is 19.6. The van der Waals surface area contributed by atoms with E-state index in [0.29, 0.717) is 12.2 Å². The minimum atomic E-state index is -1.01. The predicted octanol–water partition coefficient (Wildman–Crippen LogP) is 1.63. The standard InChI is InChI=1S/C19H23N3O4/c1-12(17-9-16(19(25)26)7-8-20-17)22-13(2)18(24)21-10-14-3-5-15(11-23)6-4-14/h3-9,12-13,22-23H,10-11H2,1-2H3,(H,21,24)(H,25,26)/t12-,13+/m1/s1.